The van der Waals surface area contributed by atoms with Crippen molar-refractivity contribution in [2.24, 2.45) is 0 Å². The Balaban J connectivity index is 1.09. The second kappa shape index (κ2) is 15.3. The Morgan fingerprint density at radius 3 is 1.42 bits per heavy atom. The third kappa shape index (κ3) is 5.59. The number of rotatable bonds is 8. The van der Waals surface area contributed by atoms with Crippen molar-refractivity contribution in [1.82, 2.24) is 0 Å². The van der Waals surface area contributed by atoms with E-state index in [2.05, 4.69) is 265 Å². The number of hydrogen-bond acceptors (Lipinski definition) is 2. The first-order valence-electron chi connectivity index (χ1n) is 22.8. The van der Waals surface area contributed by atoms with Crippen molar-refractivity contribution in [3.63, 3.8) is 0 Å². The number of nitrogens with zero attached hydrogens (tertiary/aromatic N) is 1. The standard InChI is InChI=1S/C64H43NS/c1-5-18-47(19-6-1)63(48-20-7-2-8-21-48)57-29-16-14-27-55(57)62-58(63)30-17-31-60(62)65(51-36-34-44(35-37-51)46-33-32-45-40-41-66-61(45)42-46)52-38-39-54-53-26-13-15-28-56(53)64(59(54)43-52,49-22-9-3-10-23-49)50-24-11-4-12-25-50/h1-43H. The second-order valence-electron chi connectivity index (χ2n) is 17.5. The molecule has 0 bridgehead atoms. The first kappa shape index (κ1) is 38.4. The third-order valence-corrected chi connectivity index (χ3v) is 15.2. The van der Waals surface area contributed by atoms with Crippen molar-refractivity contribution in [2.75, 3.05) is 4.90 Å². The topological polar surface area (TPSA) is 3.24 Å². The summed E-state index contributed by atoms with van der Waals surface area (Å²) in [5.74, 6) is 0. The van der Waals surface area contributed by atoms with Crippen molar-refractivity contribution in [2.45, 2.75) is 10.8 Å². The van der Waals surface area contributed by atoms with Crippen LogP contribution in [0.3, 0.4) is 0 Å². The first-order chi connectivity index (χ1) is 32.7. The molecule has 0 spiro atoms. The van der Waals surface area contributed by atoms with E-state index < -0.39 is 10.8 Å². The first-order valence-corrected chi connectivity index (χ1v) is 23.7. The summed E-state index contributed by atoms with van der Waals surface area (Å²) in [6.07, 6.45) is 0. The molecule has 2 aliphatic carbocycles. The smallest absolute Gasteiger partial charge is 0.0714 e. The summed E-state index contributed by atoms with van der Waals surface area (Å²) in [6, 6.07) is 95.0. The van der Waals surface area contributed by atoms with E-state index in [1.807, 2.05) is 0 Å². The van der Waals surface area contributed by atoms with Crippen LogP contribution in [0.15, 0.2) is 260 Å². The average molecular weight is 858 g/mol. The van der Waals surface area contributed by atoms with E-state index in [0.29, 0.717) is 0 Å². The summed E-state index contributed by atoms with van der Waals surface area (Å²) in [6.45, 7) is 0. The van der Waals surface area contributed by atoms with Crippen molar-refractivity contribution in [1.29, 1.82) is 0 Å². The largest absolute Gasteiger partial charge is 0.310 e. The molecule has 0 unspecified atom stereocenters. The highest BCUT2D eigenvalue weighted by Crippen LogP contribution is 2.61. The maximum absolute atomic E-state index is 2.53. The van der Waals surface area contributed by atoms with Gasteiger partial charge in [0.1, 0.15) is 0 Å². The van der Waals surface area contributed by atoms with Crippen molar-refractivity contribution < 1.29 is 0 Å². The molecule has 0 atom stereocenters. The molecular weight excluding hydrogens is 815 g/mol. The molecule has 0 N–H and O–H groups in total. The van der Waals surface area contributed by atoms with Gasteiger partial charge in [0.15, 0.2) is 0 Å². The quantitative estimate of drug-likeness (QED) is 0.147. The monoisotopic (exact) mass is 857 g/mol. The van der Waals surface area contributed by atoms with Gasteiger partial charge in [0.25, 0.3) is 0 Å². The van der Waals surface area contributed by atoms with E-state index in [1.165, 1.54) is 88.0 Å². The molecule has 2 heteroatoms. The number of thiophene rings is 1. The van der Waals surface area contributed by atoms with E-state index in [4.69, 9.17) is 0 Å². The van der Waals surface area contributed by atoms with Crippen molar-refractivity contribution in [3.8, 4) is 33.4 Å². The molecular formula is C64H43NS. The Kier molecular flexibility index (Phi) is 8.91. The van der Waals surface area contributed by atoms with Crippen molar-refractivity contribution in [3.05, 3.63) is 305 Å². The molecule has 66 heavy (non-hydrogen) atoms. The Labute approximate surface area is 390 Å². The van der Waals surface area contributed by atoms with Crippen LogP contribution < -0.4 is 4.90 Å². The molecule has 1 heterocycles. The summed E-state index contributed by atoms with van der Waals surface area (Å²) in [4.78, 5) is 2.53. The Morgan fingerprint density at radius 2 is 0.803 bits per heavy atom. The molecule has 0 saturated carbocycles. The van der Waals surface area contributed by atoms with Crippen LogP contribution in [-0.2, 0) is 10.8 Å². The molecule has 13 rings (SSSR count). The van der Waals surface area contributed by atoms with Gasteiger partial charge in [-0.3, -0.25) is 0 Å². The molecule has 0 saturated heterocycles. The lowest BCUT2D eigenvalue weighted by molar-refractivity contribution is 0.768. The molecule has 0 amide bonds. The van der Waals surface area contributed by atoms with Gasteiger partial charge in [-0.2, -0.15) is 0 Å². The van der Waals surface area contributed by atoms with Crippen LogP contribution >= 0.6 is 11.3 Å². The normalized spacial score (nSPS) is 13.7. The van der Waals surface area contributed by atoms with Gasteiger partial charge >= 0.3 is 0 Å². The lowest BCUT2D eigenvalue weighted by atomic mass is 9.67. The van der Waals surface area contributed by atoms with Crippen LogP contribution in [0.4, 0.5) is 17.1 Å². The predicted octanol–water partition coefficient (Wildman–Crippen LogP) is 16.8. The molecule has 1 nitrogen and oxygen atoms in total. The average Bonchev–Trinajstić information content (AvgIpc) is 4.08. The van der Waals surface area contributed by atoms with E-state index >= 15 is 0 Å². The summed E-state index contributed by atoms with van der Waals surface area (Å²) in [5.41, 5.74) is 19.9. The van der Waals surface area contributed by atoms with Gasteiger partial charge < -0.3 is 4.90 Å². The van der Waals surface area contributed by atoms with Crippen LogP contribution in [0, 0.1) is 0 Å². The van der Waals surface area contributed by atoms with E-state index in [-0.39, 0.29) is 0 Å². The van der Waals surface area contributed by atoms with Crippen LogP contribution in [0.2, 0.25) is 0 Å². The third-order valence-electron chi connectivity index (χ3n) is 14.3. The number of benzene rings is 10. The van der Waals surface area contributed by atoms with Gasteiger partial charge in [0.05, 0.1) is 16.5 Å². The van der Waals surface area contributed by atoms with Crippen LogP contribution in [0.5, 0.6) is 0 Å². The van der Waals surface area contributed by atoms with E-state index in [1.54, 1.807) is 11.3 Å². The van der Waals surface area contributed by atoms with E-state index in [9.17, 15) is 0 Å². The molecule has 2 aliphatic rings. The minimum Gasteiger partial charge on any atom is -0.310 e. The SMILES string of the molecule is c1ccc(C2(c3ccccc3)c3ccccc3-c3ccc(N(c4ccc(-c5ccc6ccsc6c5)cc4)c4cccc5c4-c4ccccc4C5(c4ccccc4)c4ccccc4)cc32)cc1. The van der Waals surface area contributed by atoms with Crippen LogP contribution in [0.1, 0.15) is 44.5 Å². The van der Waals surface area contributed by atoms with Crippen LogP contribution in [-0.4, -0.2) is 0 Å². The zero-order chi connectivity index (χ0) is 43.7. The van der Waals surface area contributed by atoms with E-state index in [0.717, 1.165) is 17.1 Å². The van der Waals surface area contributed by atoms with Gasteiger partial charge in [-0.05, 0) is 126 Å². The lowest BCUT2D eigenvalue weighted by Gasteiger charge is -2.35. The maximum atomic E-state index is 2.53. The van der Waals surface area contributed by atoms with Gasteiger partial charge in [0, 0.05) is 21.6 Å². The Morgan fingerprint density at radius 1 is 0.318 bits per heavy atom. The van der Waals surface area contributed by atoms with Gasteiger partial charge in [-0.25, -0.2) is 0 Å². The number of fused-ring (bicyclic) bond motifs is 7. The summed E-state index contributed by atoms with van der Waals surface area (Å²) in [7, 11) is 0. The fourth-order valence-corrected chi connectivity index (χ4v) is 12.4. The van der Waals surface area contributed by atoms with Gasteiger partial charge in [-0.1, -0.05) is 212 Å². The predicted molar refractivity (Wildman–Crippen MR) is 277 cm³/mol. The maximum Gasteiger partial charge on any atom is 0.0714 e. The highest BCUT2D eigenvalue weighted by molar-refractivity contribution is 7.17. The molecule has 10 aromatic carbocycles. The fourth-order valence-electron chi connectivity index (χ4n) is 11.6. The van der Waals surface area contributed by atoms with Gasteiger partial charge in [-0.15, -0.1) is 11.3 Å². The molecule has 11 aromatic rings. The zero-order valence-corrected chi connectivity index (χ0v) is 37.0. The highest BCUT2D eigenvalue weighted by Gasteiger charge is 2.49. The lowest BCUT2D eigenvalue weighted by Crippen LogP contribution is -2.29. The minimum atomic E-state index is -0.540. The highest BCUT2D eigenvalue weighted by atomic mass is 32.1. The second-order valence-corrected chi connectivity index (χ2v) is 18.5. The minimum absolute atomic E-state index is 0.532. The summed E-state index contributed by atoms with van der Waals surface area (Å²) >= 11 is 1.79. The number of anilines is 3. The molecule has 0 fully saturated rings. The van der Waals surface area contributed by atoms with Crippen molar-refractivity contribution >= 4 is 38.5 Å². The molecule has 310 valence electrons. The molecule has 0 aliphatic heterocycles. The Hall–Kier alpha value is -8.04. The fraction of sp³-hybridized carbons (Fsp3) is 0.0312. The molecule has 1 aromatic heterocycles. The zero-order valence-electron chi connectivity index (χ0n) is 36.2. The summed E-state index contributed by atoms with van der Waals surface area (Å²) in [5, 5.41) is 3.46. The van der Waals surface area contributed by atoms with Gasteiger partial charge in [0.2, 0.25) is 0 Å². The number of hydrogen-bond donors (Lipinski definition) is 0. The Bertz CT molecular complexity index is 3490. The van der Waals surface area contributed by atoms with Crippen LogP contribution in [0.25, 0.3) is 43.5 Å². The molecule has 0 radical (unpaired) electrons. The summed E-state index contributed by atoms with van der Waals surface area (Å²) < 4.78 is 1.30.